The standard InChI is InChI=1S/C12H12ClF3N2/c13-9-7-8(12(14,15)16)4-5-10(9)18-11-3-1-2-6-17-11/h4-5,7H,1-3,6H2,(H,17,18). The molecule has 1 aromatic carbocycles. The Morgan fingerprint density at radius 1 is 1.22 bits per heavy atom. The highest BCUT2D eigenvalue weighted by atomic mass is 35.5. The first-order chi connectivity index (χ1) is 8.47. The summed E-state index contributed by atoms with van der Waals surface area (Å²) in [5.74, 6) is 0.780. The van der Waals surface area contributed by atoms with Gasteiger partial charge in [0.15, 0.2) is 0 Å². The molecule has 0 radical (unpaired) electrons. The van der Waals surface area contributed by atoms with Crippen LogP contribution in [0.5, 0.6) is 0 Å². The van der Waals surface area contributed by atoms with Crippen LogP contribution in [-0.2, 0) is 6.18 Å². The number of rotatable bonds is 1. The molecule has 1 aliphatic heterocycles. The first-order valence-electron chi connectivity index (χ1n) is 5.64. The average molecular weight is 277 g/mol. The number of hydrogen-bond donors (Lipinski definition) is 1. The van der Waals surface area contributed by atoms with Gasteiger partial charge in [0.05, 0.1) is 16.3 Å². The maximum Gasteiger partial charge on any atom is 0.416 e. The Kier molecular flexibility index (Phi) is 3.80. The van der Waals surface area contributed by atoms with Crippen molar-refractivity contribution in [3.8, 4) is 0 Å². The van der Waals surface area contributed by atoms with E-state index in [1.165, 1.54) is 6.07 Å². The van der Waals surface area contributed by atoms with Crippen molar-refractivity contribution in [1.82, 2.24) is 0 Å². The number of benzene rings is 1. The number of hydrogen-bond acceptors (Lipinski definition) is 2. The van der Waals surface area contributed by atoms with E-state index in [1.54, 1.807) is 0 Å². The van der Waals surface area contributed by atoms with Crippen LogP contribution in [0.15, 0.2) is 23.2 Å². The van der Waals surface area contributed by atoms with Crippen LogP contribution >= 0.6 is 11.6 Å². The molecule has 0 atom stereocenters. The molecule has 1 N–H and O–H groups in total. The first-order valence-corrected chi connectivity index (χ1v) is 6.02. The lowest BCUT2D eigenvalue weighted by Crippen LogP contribution is -2.16. The SMILES string of the molecule is FC(F)(F)c1ccc(NC2=NCCCC2)c(Cl)c1. The zero-order valence-corrected chi connectivity index (χ0v) is 10.3. The third kappa shape index (κ3) is 3.16. The molecule has 0 aromatic heterocycles. The molecular weight excluding hydrogens is 265 g/mol. The minimum absolute atomic E-state index is 0.0538. The van der Waals surface area contributed by atoms with Gasteiger partial charge < -0.3 is 5.32 Å². The molecule has 0 spiro atoms. The fourth-order valence-corrected chi connectivity index (χ4v) is 1.98. The summed E-state index contributed by atoms with van der Waals surface area (Å²) in [5, 5.41) is 3.03. The predicted octanol–water partition coefficient (Wildman–Crippen LogP) is 4.35. The molecule has 1 aromatic rings. The van der Waals surface area contributed by atoms with Crippen molar-refractivity contribution in [2.24, 2.45) is 4.99 Å². The quantitative estimate of drug-likeness (QED) is 0.810. The van der Waals surface area contributed by atoms with E-state index in [4.69, 9.17) is 11.6 Å². The molecular formula is C12H12ClF3N2. The van der Waals surface area contributed by atoms with Crippen molar-refractivity contribution in [1.29, 1.82) is 0 Å². The number of aliphatic imine (C=N–C) groups is 1. The van der Waals surface area contributed by atoms with Crippen molar-refractivity contribution in [3.05, 3.63) is 28.8 Å². The maximum atomic E-state index is 12.5. The molecule has 0 saturated heterocycles. The van der Waals surface area contributed by atoms with Crippen LogP contribution in [0.4, 0.5) is 18.9 Å². The van der Waals surface area contributed by atoms with Crippen LogP contribution in [-0.4, -0.2) is 12.4 Å². The molecule has 2 nitrogen and oxygen atoms in total. The summed E-state index contributed by atoms with van der Waals surface area (Å²) in [4.78, 5) is 4.26. The number of nitrogens with one attached hydrogen (secondary N) is 1. The minimum atomic E-state index is -4.37. The molecule has 1 aliphatic rings. The lowest BCUT2D eigenvalue weighted by Gasteiger charge is -2.16. The second-order valence-corrected chi connectivity index (χ2v) is 4.51. The second kappa shape index (κ2) is 5.18. The second-order valence-electron chi connectivity index (χ2n) is 4.10. The Balaban J connectivity index is 2.17. The molecule has 2 rings (SSSR count). The highest BCUT2D eigenvalue weighted by Gasteiger charge is 2.30. The third-order valence-electron chi connectivity index (χ3n) is 2.70. The molecule has 0 fully saturated rings. The van der Waals surface area contributed by atoms with Crippen LogP contribution in [0.25, 0.3) is 0 Å². The molecule has 0 amide bonds. The Labute approximate surface area is 108 Å². The van der Waals surface area contributed by atoms with Gasteiger partial charge in [-0.1, -0.05) is 11.6 Å². The summed E-state index contributed by atoms with van der Waals surface area (Å²) >= 11 is 5.84. The summed E-state index contributed by atoms with van der Waals surface area (Å²) in [7, 11) is 0. The van der Waals surface area contributed by atoms with E-state index in [0.717, 1.165) is 43.8 Å². The van der Waals surface area contributed by atoms with Gasteiger partial charge in [0.1, 0.15) is 5.84 Å². The highest BCUT2D eigenvalue weighted by molar-refractivity contribution is 6.33. The lowest BCUT2D eigenvalue weighted by molar-refractivity contribution is -0.137. The Morgan fingerprint density at radius 3 is 2.56 bits per heavy atom. The number of nitrogens with zero attached hydrogens (tertiary/aromatic N) is 1. The Bertz CT molecular complexity index is 469. The summed E-state index contributed by atoms with van der Waals surface area (Å²) in [6.45, 7) is 0.751. The predicted molar refractivity (Wildman–Crippen MR) is 66.2 cm³/mol. The van der Waals surface area contributed by atoms with E-state index < -0.39 is 11.7 Å². The maximum absolute atomic E-state index is 12.5. The van der Waals surface area contributed by atoms with Crippen molar-refractivity contribution in [3.63, 3.8) is 0 Å². The minimum Gasteiger partial charge on any atom is -0.343 e. The molecule has 0 unspecified atom stereocenters. The summed E-state index contributed by atoms with van der Waals surface area (Å²) < 4.78 is 37.4. The highest BCUT2D eigenvalue weighted by Crippen LogP contribution is 2.33. The third-order valence-corrected chi connectivity index (χ3v) is 3.01. The molecule has 1 heterocycles. The molecule has 98 valence electrons. The lowest BCUT2D eigenvalue weighted by atomic mass is 10.1. The summed E-state index contributed by atoms with van der Waals surface area (Å²) in [5.41, 5.74) is -0.283. The number of halogens is 4. The van der Waals surface area contributed by atoms with E-state index >= 15 is 0 Å². The molecule has 0 aliphatic carbocycles. The zero-order chi connectivity index (χ0) is 13.2. The van der Waals surface area contributed by atoms with Gasteiger partial charge in [-0.3, -0.25) is 4.99 Å². The number of anilines is 1. The van der Waals surface area contributed by atoms with Gasteiger partial charge >= 0.3 is 6.18 Å². The van der Waals surface area contributed by atoms with E-state index in [2.05, 4.69) is 10.3 Å². The van der Waals surface area contributed by atoms with Gasteiger partial charge in [-0.15, -0.1) is 0 Å². The van der Waals surface area contributed by atoms with Crippen LogP contribution < -0.4 is 5.32 Å². The van der Waals surface area contributed by atoms with E-state index in [1.807, 2.05) is 0 Å². The monoisotopic (exact) mass is 276 g/mol. The van der Waals surface area contributed by atoms with Crippen molar-refractivity contribution in [2.75, 3.05) is 11.9 Å². The Hall–Kier alpha value is -1.23. The van der Waals surface area contributed by atoms with Gasteiger partial charge in [0.25, 0.3) is 0 Å². The van der Waals surface area contributed by atoms with Gasteiger partial charge in [0, 0.05) is 13.0 Å². The van der Waals surface area contributed by atoms with Crippen molar-refractivity contribution in [2.45, 2.75) is 25.4 Å². The van der Waals surface area contributed by atoms with Gasteiger partial charge in [-0.05, 0) is 31.0 Å². The fourth-order valence-electron chi connectivity index (χ4n) is 1.75. The first kappa shape index (κ1) is 13.2. The van der Waals surface area contributed by atoms with Gasteiger partial charge in [-0.2, -0.15) is 13.2 Å². The molecule has 18 heavy (non-hydrogen) atoms. The average Bonchev–Trinajstić information content (AvgIpc) is 2.32. The van der Waals surface area contributed by atoms with E-state index in [0.29, 0.717) is 5.69 Å². The normalized spacial score (nSPS) is 16.3. The smallest absolute Gasteiger partial charge is 0.343 e. The zero-order valence-electron chi connectivity index (χ0n) is 9.52. The van der Waals surface area contributed by atoms with Crippen LogP contribution in [0.1, 0.15) is 24.8 Å². The molecule has 0 saturated carbocycles. The van der Waals surface area contributed by atoms with Crippen LogP contribution in [0.3, 0.4) is 0 Å². The largest absolute Gasteiger partial charge is 0.416 e. The Morgan fingerprint density at radius 2 is 2.00 bits per heavy atom. The van der Waals surface area contributed by atoms with Crippen LogP contribution in [0.2, 0.25) is 5.02 Å². The summed E-state index contributed by atoms with van der Waals surface area (Å²) in [6.07, 6.45) is -1.49. The summed E-state index contributed by atoms with van der Waals surface area (Å²) in [6, 6.07) is 3.27. The topological polar surface area (TPSA) is 24.4 Å². The fraction of sp³-hybridized carbons (Fsp3) is 0.417. The van der Waals surface area contributed by atoms with Crippen LogP contribution in [0, 0.1) is 0 Å². The van der Waals surface area contributed by atoms with Gasteiger partial charge in [-0.25, -0.2) is 0 Å². The van der Waals surface area contributed by atoms with E-state index in [-0.39, 0.29) is 5.02 Å². The number of alkyl halides is 3. The van der Waals surface area contributed by atoms with E-state index in [9.17, 15) is 13.2 Å². The molecule has 0 bridgehead atoms. The number of amidine groups is 1. The van der Waals surface area contributed by atoms with Gasteiger partial charge in [0.2, 0.25) is 0 Å². The van der Waals surface area contributed by atoms with Crippen molar-refractivity contribution < 1.29 is 13.2 Å². The molecule has 6 heteroatoms. The van der Waals surface area contributed by atoms with Crippen molar-refractivity contribution >= 4 is 23.1 Å².